The number of rotatable bonds is 6. The predicted octanol–water partition coefficient (Wildman–Crippen LogP) is 2.55. The Morgan fingerprint density at radius 1 is 1.17 bits per heavy atom. The molecule has 4 rings (SSSR count). The van der Waals surface area contributed by atoms with E-state index in [2.05, 4.69) is 15.3 Å². The minimum absolute atomic E-state index is 0.165. The monoisotopic (exact) mass is 394 g/mol. The van der Waals surface area contributed by atoms with E-state index in [-0.39, 0.29) is 42.0 Å². The van der Waals surface area contributed by atoms with Gasteiger partial charge in [0.05, 0.1) is 29.4 Å². The molecule has 0 saturated carbocycles. The molecule has 1 saturated heterocycles. The maximum atomic E-state index is 13.0. The number of carbonyl (C=O) groups excluding carboxylic acids is 3. The van der Waals surface area contributed by atoms with Crippen molar-refractivity contribution in [3.05, 3.63) is 42.2 Å². The second kappa shape index (κ2) is 7.81. The molecule has 0 spiro atoms. The van der Waals surface area contributed by atoms with Gasteiger partial charge in [0, 0.05) is 0 Å². The number of imidazole rings is 1. The van der Waals surface area contributed by atoms with E-state index in [0.717, 1.165) is 11.0 Å². The Kier molecular flexibility index (Phi) is 5.22. The van der Waals surface area contributed by atoms with Gasteiger partial charge in [-0.15, -0.1) is 0 Å². The maximum absolute atomic E-state index is 13.0. The molecule has 1 aliphatic carbocycles. The molecule has 2 aromatic rings. The van der Waals surface area contributed by atoms with E-state index >= 15 is 0 Å². The topological polar surface area (TPSA) is 95.2 Å². The van der Waals surface area contributed by atoms with E-state index in [4.69, 9.17) is 0 Å². The van der Waals surface area contributed by atoms with Gasteiger partial charge in [-0.1, -0.05) is 38.1 Å². The number of nitrogens with zero attached hydrogens (tertiary/aromatic N) is 2. The third-order valence-corrected chi connectivity index (χ3v) is 5.72. The fourth-order valence-electron chi connectivity index (χ4n) is 4.29. The number of aromatic amines is 1. The van der Waals surface area contributed by atoms with Crippen molar-refractivity contribution in [3.63, 3.8) is 0 Å². The Balaban J connectivity index is 1.50. The Labute approximate surface area is 169 Å². The summed E-state index contributed by atoms with van der Waals surface area (Å²) in [4.78, 5) is 47.8. The fourth-order valence-corrected chi connectivity index (χ4v) is 4.29. The van der Waals surface area contributed by atoms with Crippen molar-refractivity contribution in [1.82, 2.24) is 20.2 Å². The SMILES string of the molecule is CC(C)CC(C(=O)NCc1nc2ccccc2[nH]1)N1C(=O)C2CC=CCC2C1=O. The number of para-hydroxylation sites is 2. The average Bonchev–Trinajstić information content (AvgIpc) is 3.23. The molecule has 2 N–H and O–H groups in total. The van der Waals surface area contributed by atoms with Crippen LogP contribution in [0, 0.1) is 17.8 Å². The second-order valence-electron chi connectivity index (χ2n) is 8.27. The summed E-state index contributed by atoms with van der Waals surface area (Å²) < 4.78 is 0. The van der Waals surface area contributed by atoms with Gasteiger partial charge in [0.1, 0.15) is 11.9 Å². The van der Waals surface area contributed by atoms with E-state index < -0.39 is 6.04 Å². The van der Waals surface area contributed by atoms with Crippen LogP contribution in [0.1, 0.15) is 38.9 Å². The first kappa shape index (κ1) is 19.4. The summed E-state index contributed by atoms with van der Waals surface area (Å²) >= 11 is 0. The number of hydrogen-bond donors (Lipinski definition) is 2. The van der Waals surface area contributed by atoms with E-state index in [1.807, 2.05) is 50.3 Å². The number of likely N-dealkylation sites (tertiary alicyclic amines) is 1. The molecule has 0 bridgehead atoms. The Bertz CT molecular complexity index is 918. The van der Waals surface area contributed by atoms with Crippen molar-refractivity contribution in [2.45, 2.75) is 45.7 Å². The zero-order chi connectivity index (χ0) is 20.5. The highest BCUT2D eigenvalue weighted by Crippen LogP contribution is 2.37. The molecule has 29 heavy (non-hydrogen) atoms. The first-order chi connectivity index (χ1) is 14.0. The van der Waals surface area contributed by atoms with Crippen LogP contribution < -0.4 is 5.32 Å². The van der Waals surface area contributed by atoms with Crippen molar-refractivity contribution >= 4 is 28.8 Å². The highest BCUT2D eigenvalue weighted by atomic mass is 16.2. The first-order valence-corrected chi connectivity index (χ1v) is 10.2. The zero-order valence-electron chi connectivity index (χ0n) is 16.7. The predicted molar refractivity (Wildman–Crippen MR) is 108 cm³/mol. The molecule has 2 aliphatic rings. The summed E-state index contributed by atoms with van der Waals surface area (Å²) in [6.07, 6.45) is 5.49. The molecule has 3 unspecified atom stereocenters. The molecule has 3 atom stereocenters. The minimum Gasteiger partial charge on any atom is -0.347 e. The lowest BCUT2D eigenvalue weighted by molar-refractivity contribution is -0.148. The van der Waals surface area contributed by atoms with Crippen molar-refractivity contribution in [2.24, 2.45) is 17.8 Å². The Hall–Kier alpha value is -2.96. The van der Waals surface area contributed by atoms with Gasteiger partial charge in [0.15, 0.2) is 0 Å². The largest absolute Gasteiger partial charge is 0.347 e. The summed E-state index contributed by atoms with van der Waals surface area (Å²) in [5, 5.41) is 2.87. The lowest BCUT2D eigenvalue weighted by Gasteiger charge is -2.27. The smallest absolute Gasteiger partial charge is 0.243 e. The van der Waals surface area contributed by atoms with Crippen molar-refractivity contribution in [2.75, 3.05) is 0 Å². The van der Waals surface area contributed by atoms with Gasteiger partial charge < -0.3 is 10.3 Å². The van der Waals surface area contributed by atoms with Gasteiger partial charge in [0.25, 0.3) is 0 Å². The zero-order valence-corrected chi connectivity index (χ0v) is 16.7. The van der Waals surface area contributed by atoms with Gasteiger partial charge >= 0.3 is 0 Å². The van der Waals surface area contributed by atoms with Crippen LogP contribution in [-0.2, 0) is 20.9 Å². The summed E-state index contributed by atoms with van der Waals surface area (Å²) in [7, 11) is 0. The van der Waals surface area contributed by atoms with E-state index in [0.29, 0.717) is 25.1 Å². The Morgan fingerprint density at radius 2 is 1.83 bits per heavy atom. The highest BCUT2D eigenvalue weighted by molar-refractivity contribution is 6.08. The standard InChI is InChI=1S/C22H26N4O3/c1-13(2)11-18(26-21(28)14-7-3-4-8-15(14)22(26)29)20(27)23-12-19-24-16-9-5-6-10-17(16)25-19/h3-6,9-10,13-15,18H,7-8,11-12H2,1-2H3,(H,23,27)(H,24,25). The molecule has 7 nitrogen and oxygen atoms in total. The molecule has 1 aromatic carbocycles. The number of carbonyl (C=O) groups is 3. The molecule has 3 amide bonds. The summed E-state index contributed by atoms with van der Waals surface area (Å²) in [6.45, 7) is 4.19. The van der Waals surface area contributed by atoms with Crippen LogP contribution in [0.4, 0.5) is 0 Å². The molecule has 152 valence electrons. The van der Waals surface area contributed by atoms with Crippen LogP contribution in [0.3, 0.4) is 0 Å². The number of H-pyrrole nitrogens is 1. The summed E-state index contributed by atoms with van der Waals surface area (Å²) in [5.74, 6) is -0.594. The van der Waals surface area contributed by atoms with Crippen LogP contribution in [0.5, 0.6) is 0 Å². The Morgan fingerprint density at radius 3 is 2.45 bits per heavy atom. The number of fused-ring (bicyclic) bond motifs is 2. The molecule has 7 heteroatoms. The number of amides is 3. The normalized spacial score (nSPS) is 22.4. The number of aromatic nitrogens is 2. The first-order valence-electron chi connectivity index (χ1n) is 10.2. The number of hydrogen-bond acceptors (Lipinski definition) is 4. The van der Waals surface area contributed by atoms with Crippen LogP contribution >= 0.6 is 0 Å². The number of imide groups is 1. The molecule has 1 aliphatic heterocycles. The lowest BCUT2D eigenvalue weighted by Crippen LogP contribution is -2.50. The van der Waals surface area contributed by atoms with Gasteiger partial charge in [-0.05, 0) is 37.3 Å². The van der Waals surface area contributed by atoms with Gasteiger partial charge in [-0.2, -0.15) is 0 Å². The minimum atomic E-state index is -0.787. The quantitative estimate of drug-likeness (QED) is 0.581. The van der Waals surface area contributed by atoms with Crippen molar-refractivity contribution in [3.8, 4) is 0 Å². The fraction of sp³-hybridized carbons (Fsp3) is 0.455. The molecular weight excluding hydrogens is 368 g/mol. The highest BCUT2D eigenvalue weighted by Gasteiger charge is 2.51. The second-order valence-corrected chi connectivity index (χ2v) is 8.27. The third kappa shape index (κ3) is 3.69. The van der Waals surface area contributed by atoms with Crippen LogP contribution in [0.25, 0.3) is 11.0 Å². The summed E-state index contributed by atoms with van der Waals surface area (Å²) in [5.41, 5.74) is 1.73. The van der Waals surface area contributed by atoms with Crippen LogP contribution in [0.15, 0.2) is 36.4 Å². The molecular formula is C22H26N4O3. The molecule has 1 aromatic heterocycles. The van der Waals surface area contributed by atoms with E-state index in [1.54, 1.807) is 0 Å². The number of benzene rings is 1. The van der Waals surface area contributed by atoms with E-state index in [9.17, 15) is 14.4 Å². The maximum Gasteiger partial charge on any atom is 0.243 e. The molecule has 0 radical (unpaired) electrons. The van der Waals surface area contributed by atoms with Crippen molar-refractivity contribution in [1.29, 1.82) is 0 Å². The van der Waals surface area contributed by atoms with Gasteiger partial charge in [0.2, 0.25) is 17.7 Å². The average molecular weight is 394 g/mol. The summed E-state index contributed by atoms with van der Waals surface area (Å²) in [6, 6.07) is 6.86. The number of allylic oxidation sites excluding steroid dienone is 2. The molecule has 2 heterocycles. The third-order valence-electron chi connectivity index (χ3n) is 5.72. The molecule has 1 fully saturated rings. The number of nitrogens with one attached hydrogen (secondary N) is 2. The van der Waals surface area contributed by atoms with Crippen molar-refractivity contribution < 1.29 is 14.4 Å². The van der Waals surface area contributed by atoms with Gasteiger partial charge in [-0.25, -0.2) is 4.98 Å². The van der Waals surface area contributed by atoms with Crippen LogP contribution in [-0.4, -0.2) is 38.6 Å². The lowest BCUT2D eigenvalue weighted by atomic mass is 9.85. The van der Waals surface area contributed by atoms with Gasteiger partial charge in [-0.3, -0.25) is 19.3 Å². The van der Waals surface area contributed by atoms with E-state index in [1.165, 1.54) is 4.90 Å². The van der Waals surface area contributed by atoms with Crippen LogP contribution in [0.2, 0.25) is 0 Å².